The third-order valence-electron chi connectivity index (χ3n) is 6.44. The topological polar surface area (TPSA) is 68.5 Å². The molecule has 0 N–H and O–H groups in total. The highest BCUT2D eigenvalue weighted by molar-refractivity contribution is 5.76. The summed E-state index contributed by atoms with van der Waals surface area (Å²) in [7, 11) is 0. The van der Waals surface area contributed by atoms with Crippen molar-refractivity contribution < 1.29 is 14.1 Å². The molecule has 26 heavy (non-hydrogen) atoms. The second kappa shape index (κ2) is 8.51. The van der Waals surface area contributed by atoms with Crippen LogP contribution in [0.25, 0.3) is 0 Å². The number of carbonyl (C=O) groups excluding carboxylic acids is 1. The van der Waals surface area contributed by atoms with E-state index in [1.165, 1.54) is 25.7 Å². The molecule has 0 radical (unpaired) electrons. The van der Waals surface area contributed by atoms with Gasteiger partial charge in [-0.3, -0.25) is 4.79 Å². The Morgan fingerprint density at radius 1 is 1.00 bits per heavy atom. The molecule has 1 saturated carbocycles. The van der Waals surface area contributed by atoms with Gasteiger partial charge in [0.2, 0.25) is 11.8 Å². The van der Waals surface area contributed by atoms with E-state index in [0.29, 0.717) is 23.7 Å². The Hall–Kier alpha value is -1.43. The molecule has 6 heteroatoms. The molecule has 2 saturated heterocycles. The van der Waals surface area contributed by atoms with E-state index in [-0.39, 0.29) is 0 Å². The first-order valence-electron chi connectivity index (χ1n) is 10.5. The summed E-state index contributed by atoms with van der Waals surface area (Å²) in [5, 5.41) is 4.20. The minimum absolute atomic E-state index is 0.370. The molecule has 0 atom stereocenters. The fourth-order valence-electron chi connectivity index (χ4n) is 4.70. The number of amides is 1. The summed E-state index contributed by atoms with van der Waals surface area (Å²) in [6.45, 7) is 3.36. The molecule has 1 aliphatic carbocycles. The summed E-state index contributed by atoms with van der Waals surface area (Å²) < 4.78 is 10.9. The number of nitrogens with zero attached hydrogens (tertiary/aromatic N) is 3. The average Bonchev–Trinajstić information content (AvgIpc) is 3.35. The number of ether oxygens (including phenoxy) is 1. The van der Waals surface area contributed by atoms with Crippen molar-refractivity contribution in [1.82, 2.24) is 15.0 Å². The maximum Gasteiger partial charge on any atom is 0.226 e. The lowest BCUT2D eigenvalue weighted by atomic mass is 9.92. The van der Waals surface area contributed by atoms with Gasteiger partial charge in [0, 0.05) is 45.1 Å². The molecule has 1 amide bonds. The normalized spacial score (nSPS) is 23.6. The van der Waals surface area contributed by atoms with Gasteiger partial charge in [0.1, 0.15) is 0 Å². The van der Waals surface area contributed by atoms with Gasteiger partial charge in [-0.1, -0.05) is 18.0 Å². The van der Waals surface area contributed by atoms with Crippen molar-refractivity contribution in [3.05, 3.63) is 11.7 Å². The van der Waals surface area contributed by atoms with Gasteiger partial charge in [0.25, 0.3) is 0 Å². The average molecular weight is 361 g/mol. The summed E-state index contributed by atoms with van der Waals surface area (Å²) in [5.41, 5.74) is 0. The zero-order valence-corrected chi connectivity index (χ0v) is 15.7. The van der Waals surface area contributed by atoms with E-state index in [0.717, 1.165) is 76.5 Å². The summed E-state index contributed by atoms with van der Waals surface area (Å²) in [6.07, 6.45) is 10.8. The molecule has 2 aliphatic heterocycles. The quantitative estimate of drug-likeness (QED) is 0.805. The van der Waals surface area contributed by atoms with Crippen molar-refractivity contribution in [2.24, 2.45) is 11.8 Å². The first-order chi connectivity index (χ1) is 12.8. The maximum atomic E-state index is 12.5. The van der Waals surface area contributed by atoms with E-state index < -0.39 is 0 Å². The summed E-state index contributed by atoms with van der Waals surface area (Å²) in [4.78, 5) is 19.2. The summed E-state index contributed by atoms with van der Waals surface area (Å²) in [6, 6.07) is 0. The lowest BCUT2D eigenvalue weighted by Crippen LogP contribution is -2.39. The molecule has 144 valence electrons. The molecular weight excluding hydrogens is 330 g/mol. The standard InChI is InChI=1S/C20H31N3O3/c24-19(14-15-3-1-2-4-15)23-9-5-16(6-10-23)13-18-21-20(22-26-18)17-7-11-25-12-8-17/h15-17H,1-14H2. The lowest BCUT2D eigenvalue weighted by Gasteiger charge is -2.32. The molecule has 0 aromatic carbocycles. The highest BCUT2D eigenvalue weighted by Crippen LogP contribution is 2.30. The number of carbonyl (C=O) groups is 1. The SMILES string of the molecule is O=C(CC1CCCC1)N1CCC(Cc2nc(C3CCOCC3)no2)CC1. The van der Waals surface area contributed by atoms with Crippen LogP contribution in [0.3, 0.4) is 0 Å². The van der Waals surface area contributed by atoms with Crippen LogP contribution in [-0.4, -0.2) is 47.3 Å². The number of piperidine rings is 1. The predicted molar refractivity (Wildman–Crippen MR) is 96.7 cm³/mol. The Bertz CT molecular complexity index is 583. The van der Waals surface area contributed by atoms with Crippen LogP contribution < -0.4 is 0 Å². The van der Waals surface area contributed by atoms with Crippen LogP contribution >= 0.6 is 0 Å². The van der Waals surface area contributed by atoms with Gasteiger partial charge in [-0.25, -0.2) is 0 Å². The predicted octanol–water partition coefficient (Wildman–Crippen LogP) is 3.33. The van der Waals surface area contributed by atoms with E-state index in [1.54, 1.807) is 0 Å². The van der Waals surface area contributed by atoms with Crippen LogP contribution in [-0.2, 0) is 16.0 Å². The van der Waals surface area contributed by atoms with Gasteiger partial charge in [-0.15, -0.1) is 0 Å². The molecule has 3 heterocycles. The number of rotatable bonds is 5. The summed E-state index contributed by atoms with van der Waals surface area (Å²) >= 11 is 0. The van der Waals surface area contributed by atoms with Crippen molar-refractivity contribution in [3.63, 3.8) is 0 Å². The van der Waals surface area contributed by atoms with Crippen LogP contribution in [0.15, 0.2) is 4.52 Å². The molecule has 1 aromatic rings. The van der Waals surface area contributed by atoms with Crippen LogP contribution in [0, 0.1) is 11.8 Å². The maximum absolute atomic E-state index is 12.5. The van der Waals surface area contributed by atoms with Gasteiger partial charge < -0.3 is 14.2 Å². The molecule has 0 unspecified atom stereocenters. The highest BCUT2D eigenvalue weighted by atomic mass is 16.5. The van der Waals surface area contributed by atoms with Gasteiger partial charge in [0.15, 0.2) is 5.82 Å². The largest absolute Gasteiger partial charge is 0.381 e. The lowest BCUT2D eigenvalue weighted by molar-refractivity contribution is -0.133. The number of aromatic nitrogens is 2. The first-order valence-corrected chi connectivity index (χ1v) is 10.5. The van der Waals surface area contributed by atoms with E-state index in [1.807, 2.05) is 0 Å². The van der Waals surface area contributed by atoms with Crippen molar-refractivity contribution >= 4 is 5.91 Å². The molecule has 6 nitrogen and oxygen atoms in total. The minimum Gasteiger partial charge on any atom is -0.381 e. The Labute approximate surface area is 155 Å². The molecule has 3 fully saturated rings. The van der Waals surface area contributed by atoms with E-state index in [4.69, 9.17) is 9.26 Å². The Morgan fingerprint density at radius 2 is 1.73 bits per heavy atom. The number of likely N-dealkylation sites (tertiary alicyclic amines) is 1. The first kappa shape index (κ1) is 18.0. The Balaban J connectivity index is 1.22. The molecule has 4 rings (SSSR count). The smallest absolute Gasteiger partial charge is 0.226 e. The molecular formula is C20H31N3O3. The minimum atomic E-state index is 0.370. The molecule has 1 aromatic heterocycles. The fraction of sp³-hybridized carbons (Fsp3) is 0.850. The highest BCUT2D eigenvalue weighted by Gasteiger charge is 2.28. The van der Waals surface area contributed by atoms with Crippen LogP contribution in [0.2, 0.25) is 0 Å². The molecule has 3 aliphatic rings. The fourth-order valence-corrected chi connectivity index (χ4v) is 4.70. The van der Waals surface area contributed by atoms with Crippen LogP contribution in [0.5, 0.6) is 0 Å². The van der Waals surface area contributed by atoms with Gasteiger partial charge >= 0.3 is 0 Å². The molecule has 0 spiro atoms. The van der Waals surface area contributed by atoms with Gasteiger partial charge in [-0.2, -0.15) is 4.98 Å². The zero-order chi connectivity index (χ0) is 17.8. The van der Waals surface area contributed by atoms with Crippen molar-refractivity contribution in [3.8, 4) is 0 Å². The second-order valence-corrected chi connectivity index (χ2v) is 8.32. The van der Waals surface area contributed by atoms with E-state index in [9.17, 15) is 4.79 Å². The third kappa shape index (κ3) is 4.45. The van der Waals surface area contributed by atoms with E-state index >= 15 is 0 Å². The van der Waals surface area contributed by atoms with Crippen LogP contribution in [0.4, 0.5) is 0 Å². The summed E-state index contributed by atoms with van der Waals surface area (Å²) in [5.74, 6) is 3.57. The Kier molecular flexibility index (Phi) is 5.88. The van der Waals surface area contributed by atoms with Crippen molar-refractivity contribution in [1.29, 1.82) is 0 Å². The number of hydrogen-bond acceptors (Lipinski definition) is 5. The zero-order valence-electron chi connectivity index (χ0n) is 15.7. The molecule has 0 bridgehead atoms. The van der Waals surface area contributed by atoms with Gasteiger partial charge in [-0.05, 0) is 50.4 Å². The van der Waals surface area contributed by atoms with Gasteiger partial charge in [0.05, 0.1) is 0 Å². The second-order valence-electron chi connectivity index (χ2n) is 8.32. The monoisotopic (exact) mass is 361 g/mol. The van der Waals surface area contributed by atoms with Crippen molar-refractivity contribution in [2.45, 2.75) is 70.1 Å². The Morgan fingerprint density at radius 3 is 2.46 bits per heavy atom. The van der Waals surface area contributed by atoms with Crippen LogP contribution in [0.1, 0.15) is 75.4 Å². The van der Waals surface area contributed by atoms with Crippen molar-refractivity contribution in [2.75, 3.05) is 26.3 Å². The third-order valence-corrected chi connectivity index (χ3v) is 6.44. The van der Waals surface area contributed by atoms with E-state index in [2.05, 4.69) is 15.0 Å². The number of hydrogen-bond donors (Lipinski definition) is 0.